The van der Waals surface area contributed by atoms with Crippen molar-refractivity contribution in [1.29, 1.82) is 0 Å². The van der Waals surface area contributed by atoms with Gasteiger partial charge in [0.05, 0.1) is 18.7 Å². The molecule has 0 atom stereocenters. The second-order valence-electron chi connectivity index (χ2n) is 6.39. The Hall–Kier alpha value is -2.57. The number of carbonyl (C=O) groups excluding carboxylic acids is 3. The van der Waals surface area contributed by atoms with E-state index in [0.717, 1.165) is 25.7 Å². The lowest BCUT2D eigenvalue weighted by atomic mass is 10.2. The molecule has 7 nitrogen and oxygen atoms in total. The molecule has 1 fully saturated rings. The van der Waals surface area contributed by atoms with Crippen LogP contribution in [0, 0.1) is 0 Å². The number of likely N-dealkylation sites (N-methyl/N-ethyl adjacent to an activating group) is 1. The fraction of sp³-hybridized carbons (Fsp3) is 0.526. The van der Waals surface area contributed by atoms with Crippen LogP contribution in [-0.4, -0.2) is 55.5 Å². The maximum Gasteiger partial charge on any atom is 0.338 e. The maximum absolute atomic E-state index is 12.0. The van der Waals surface area contributed by atoms with Gasteiger partial charge in [-0.15, -0.1) is 0 Å². The molecule has 0 spiro atoms. The topological polar surface area (TPSA) is 84.9 Å². The number of amides is 2. The zero-order valence-corrected chi connectivity index (χ0v) is 15.3. The normalized spacial score (nSPS) is 13.0. The summed E-state index contributed by atoms with van der Waals surface area (Å²) < 4.78 is 10.6. The lowest BCUT2D eigenvalue weighted by Crippen LogP contribution is -2.40. The first-order chi connectivity index (χ1) is 12.5. The number of nitrogens with one attached hydrogen (secondary N) is 1. The third-order valence-electron chi connectivity index (χ3n) is 3.93. The Morgan fingerprint density at radius 1 is 1.19 bits per heavy atom. The number of rotatable bonds is 10. The van der Waals surface area contributed by atoms with Gasteiger partial charge in [0, 0.05) is 13.1 Å². The average Bonchev–Trinajstić information content (AvgIpc) is 3.43. The standard InChI is InChI=1S/C19H26N2O5/c1-3-4-11-25-16-9-5-14(6-10-16)19(24)26-13-18(23)21(2)12-17(22)20-15-7-8-15/h5-6,9-10,15H,3-4,7-8,11-13H2,1-2H3,(H,20,22). The smallest absolute Gasteiger partial charge is 0.338 e. The zero-order chi connectivity index (χ0) is 18.9. The molecule has 1 N–H and O–H groups in total. The number of nitrogens with zero attached hydrogens (tertiary/aromatic N) is 1. The minimum absolute atomic E-state index is 0.0450. The lowest BCUT2D eigenvalue weighted by Gasteiger charge is -2.16. The molecule has 2 rings (SSSR count). The molecule has 142 valence electrons. The summed E-state index contributed by atoms with van der Waals surface area (Å²) in [6, 6.07) is 6.84. The summed E-state index contributed by atoms with van der Waals surface area (Å²) in [6.07, 6.45) is 4.00. The minimum Gasteiger partial charge on any atom is -0.494 e. The monoisotopic (exact) mass is 362 g/mol. The molecule has 0 aromatic heterocycles. The Morgan fingerprint density at radius 3 is 2.50 bits per heavy atom. The van der Waals surface area contributed by atoms with Crippen molar-refractivity contribution in [3.05, 3.63) is 29.8 Å². The molecule has 0 saturated heterocycles. The van der Waals surface area contributed by atoms with Gasteiger partial charge in [0.2, 0.25) is 5.91 Å². The van der Waals surface area contributed by atoms with Gasteiger partial charge >= 0.3 is 5.97 Å². The van der Waals surface area contributed by atoms with Gasteiger partial charge in [-0.25, -0.2) is 4.79 Å². The Labute approximate surface area is 153 Å². The summed E-state index contributed by atoms with van der Waals surface area (Å²) in [4.78, 5) is 36.9. The van der Waals surface area contributed by atoms with Crippen LogP contribution in [0.3, 0.4) is 0 Å². The van der Waals surface area contributed by atoms with Crippen molar-refractivity contribution in [2.45, 2.75) is 38.6 Å². The van der Waals surface area contributed by atoms with Crippen LogP contribution < -0.4 is 10.1 Å². The number of hydrogen-bond acceptors (Lipinski definition) is 5. The summed E-state index contributed by atoms with van der Waals surface area (Å²) in [6.45, 7) is 2.27. The predicted molar refractivity (Wildman–Crippen MR) is 95.9 cm³/mol. The zero-order valence-electron chi connectivity index (χ0n) is 15.3. The lowest BCUT2D eigenvalue weighted by molar-refractivity contribution is -0.137. The summed E-state index contributed by atoms with van der Waals surface area (Å²) in [5.74, 6) is -0.529. The van der Waals surface area contributed by atoms with Crippen LogP contribution in [0.15, 0.2) is 24.3 Å². The van der Waals surface area contributed by atoms with E-state index >= 15 is 0 Å². The van der Waals surface area contributed by atoms with Crippen molar-refractivity contribution < 1.29 is 23.9 Å². The van der Waals surface area contributed by atoms with Crippen LogP contribution in [-0.2, 0) is 14.3 Å². The fourth-order valence-electron chi connectivity index (χ4n) is 2.15. The predicted octanol–water partition coefficient (Wildman–Crippen LogP) is 1.76. The summed E-state index contributed by atoms with van der Waals surface area (Å²) in [5.41, 5.74) is 0.342. The number of benzene rings is 1. The van der Waals surface area contributed by atoms with Crippen molar-refractivity contribution in [2.75, 3.05) is 26.8 Å². The van der Waals surface area contributed by atoms with Crippen molar-refractivity contribution >= 4 is 17.8 Å². The van der Waals surface area contributed by atoms with E-state index in [9.17, 15) is 14.4 Å². The van der Waals surface area contributed by atoms with Gasteiger partial charge in [-0.2, -0.15) is 0 Å². The van der Waals surface area contributed by atoms with Gasteiger partial charge in [-0.05, 0) is 43.5 Å². The van der Waals surface area contributed by atoms with Crippen LogP contribution >= 0.6 is 0 Å². The van der Waals surface area contributed by atoms with Crippen molar-refractivity contribution in [3.63, 3.8) is 0 Å². The average molecular weight is 362 g/mol. The van der Waals surface area contributed by atoms with Crippen molar-refractivity contribution in [3.8, 4) is 5.75 Å². The van der Waals surface area contributed by atoms with Crippen molar-refractivity contribution in [2.24, 2.45) is 0 Å². The quantitative estimate of drug-likeness (QED) is 0.506. The first-order valence-electron chi connectivity index (χ1n) is 8.93. The molecular weight excluding hydrogens is 336 g/mol. The summed E-state index contributed by atoms with van der Waals surface area (Å²) >= 11 is 0. The number of ether oxygens (including phenoxy) is 2. The van der Waals surface area contributed by atoms with E-state index in [-0.39, 0.29) is 18.5 Å². The van der Waals surface area contributed by atoms with E-state index in [1.807, 2.05) is 0 Å². The number of unbranched alkanes of at least 4 members (excludes halogenated alkanes) is 1. The van der Waals surface area contributed by atoms with Crippen LogP contribution in [0.4, 0.5) is 0 Å². The van der Waals surface area contributed by atoms with E-state index in [0.29, 0.717) is 17.9 Å². The van der Waals surface area contributed by atoms with Crippen molar-refractivity contribution in [1.82, 2.24) is 10.2 Å². The van der Waals surface area contributed by atoms with Gasteiger partial charge < -0.3 is 19.7 Å². The van der Waals surface area contributed by atoms with E-state index in [1.54, 1.807) is 24.3 Å². The Bertz CT molecular complexity index is 625. The highest BCUT2D eigenvalue weighted by atomic mass is 16.5. The molecule has 1 aromatic rings. The summed E-state index contributed by atoms with van der Waals surface area (Å²) in [5, 5.41) is 2.80. The van der Waals surface area contributed by atoms with E-state index in [4.69, 9.17) is 9.47 Å². The van der Waals surface area contributed by atoms with Crippen LogP contribution in [0.2, 0.25) is 0 Å². The second-order valence-corrected chi connectivity index (χ2v) is 6.39. The Morgan fingerprint density at radius 2 is 1.88 bits per heavy atom. The van der Waals surface area contributed by atoms with Crippen LogP contribution in [0.25, 0.3) is 0 Å². The first kappa shape index (κ1) is 19.8. The third kappa shape index (κ3) is 6.74. The molecule has 1 aromatic carbocycles. The number of hydrogen-bond donors (Lipinski definition) is 1. The van der Waals surface area contributed by atoms with E-state index < -0.39 is 18.5 Å². The van der Waals surface area contributed by atoms with Gasteiger partial charge in [-0.3, -0.25) is 9.59 Å². The molecule has 1 aliphatic carbocycles. The molecule has 7 heteroatoms. The Kier molecular flexibility index (Phi) is 7.44. The largest absolute Gasteiger partial charge is 0.494 e. The minimum atomic E-state index is -0.589. The molecule has 0 aliphatic heterocycles. The van der Waals surface area contributed by atoms with E-state index in [1.165, 1.54) is 11.9 Å². The summed E-state index contributed by atoms with van der Waals surface area (Å²) in [7, 11) is 1.51. The van der Waals surface area contributed by atoms with Gasteiger partial charge in [-0.1, -0.05) is 13.3 Å². The molecule has 0 heterocycles. The van der Waals surface area contributed by atoms with E-state index in [2.05, 4.69) is 12.2 Å². The number of carbonyl (C=O) groups is 3. The molecular formula is C19H26N2O5. The number of esters is 1. The highest BCUT2D eigenvalue weighted by molar-refractivity contribution is 5.92. The van der Waals surface area contributed by atoms with Gasteiger partial charge in [0.15, 0.2) is 6.61 Å². The molecule has 0 bridgehead atoms. The molecule has 2 amide bonds. The fourth-order valence-corrected chi connectivity index (χ4v) is 2.15. The Balaban J connectivity index is 1.72. The molecule has 1 saturated carbocycles. The highest BCUT2D eigenvalue weighted by Crippen LogP contribution is 2.18. The molecule has 26 heavy (non-hydrogen) atoms. The highest BCUT2D eigenvalue weighted by Gasteiger charge is 2.24. The second kappa shape index (κ2) is 9.79. The van der Waals surface area contributed by atoms with Crippen LogP contribution in [0.1, 0.15) is 43.0 Å². The van der Waals surface area contributed by atoms with Gasteiger partial charge in [0.1, 0.15) is 5.75 Å². The van der Waals surface area contributed by atoms with Gasteiger partial charge in [0.25, 0.3) is 5.91 Å². The SMILES string of the molecule is CCCCOc1ccc(C(=O)OCC(=O)N(C)CC(=O)NC2CC2)cc1. The third-order valence-corrected chi connectivity index (χ3v) is 3.93. The molecule has 1 aliphatic rings. The maximum atomic E-state index is 12.0. The first-order valence-corrected chi connectivity index (χ1v) is 8.93. The van der Waals surface area contributed by atoms with Crippen LogP contribution in [0.5, 0.6) is 5.75 Å². The molecule has 0 radical (unpaired) electrons. The molecule has 0 unspecified atom stereocenters.